The molecule has 0 aromatic rings. The van der Waals surface area contributed by atoms with Gasteiger partial charge in [0.2, 0.25) is 0 Å². The van der Waals surface area contributed by atoms with Crippen LogP contribution in [0.3, 0.4) is 0 Å². The molecule has 0 unspecified atom stereocenters. The number of nitrogens with one attached hydrogen (secondary N) is 3. The monoisotopic (exact) mass is 499 g/mol. The summed E-state index contributed by atoms with van der Waals surface area (Å²) in [5.41, 5.74) is -1.01. The molecule has 0 saturated carbocycles. The van der Waals surface area contributed by atoms with Gasteiger partial charge in [0.15, 0.2) is 5.96 Å². The fraction of sp³-hybridized carbons (Fsp3) is 0.824. The normalized spacial score (nSPS) is 15.2. The molecule has 1 heterocycles. The van der Waals surface area contributed by atoms with E-state index in [4.69, 9.17) is 9.47 Å². The van der Waals surface area contributed by atoms with E-state index in [9.17, 15) is 9.59 Å². The first-order valence-electron chi connectivity index (χ1n) is 8.81. The Labute approximate surface area is 179 Å². The van der Waals surface area contributed by atoms with Crippen LogP contribution >= 0.6 is 24.0 Å². The number of nitrogens with zero attached hydrogens (tertiary/aromatic N) is 2. The number of hydrogen-bond donors (Lipinski definition) is 3. The molecule has 0 aliphatic carbocycles. The van der Waals surface area contributed by atoms with Crippen LogP contribution in [0.15, 0.2) is 4.99 Å². The van der Waals surface area contributed by atoms with Crippen molar-refractivity contribution < 1.29 is 19.1 Å². The highest BCUT2D eigenvalue weighted by Crippen LogP contribution is 2.15. The number of amides is 2. The second-order valence-electron chi connectivity index (χ2n) is 8.15. The third-order valence-corrected chi connectivity index (χ3v) is 3.18. The first-order valence-corrected chi connectivity index (χ1v) is 8.81. The Hall–Kier alpha value is -1.46. The smallest absolute Gasteiger partial charge is 0.410 e. The van der Waals surface area contributed by atoms with Crippen molar-refractivity contribution in [3.05, 3.63) is 0 Å². The Morgan fingerprint density at radius 1 is 1.00 bits per heavy atom. The van der Waals surface area contributed by atoms with Crippen LogP contribution in [0.2, 0.25) is 0 Å². The van der Waals surface area contributed by atoms with Gasteiger partial charge in [-0.3, -0.25) is 4.99 Å². The Balaban J connectivity index is 0.00000676. The maximum Gasteiger partial charge on any atom is 0.410 e. The van der Waals surface area contributed by atoms with Crippen LogP contribution in [0.25, 0.3) is 0 Å². The number of carbonyl (C=O) groups excluding carboxylic acids is 2. The minimum atomic E-state index is -0.515. The largest absolute Gasteiger partial charge is 0.444 e. The Morgan fingerprint density at radius 2 is 1.52 bits per heavy atom. The van der Waals surface area contributed by atoms with Crippen LogP contribution in [0, 0.1) is 0 Å². The lowest BCUT2D eigenvalue weighted by molar-refractivity contribution is 0.00700. The lowest BCUT2D eigenvalue weighted by atomic mass is 10.1. The first kappa shape index (κ1) is 25.5. The van der Waals surface area contributed by atoms with Gasteiger partial charge in [-0.2, -0.15) is 0 Å². The second-order valence-corrected chi connectivity index (χ2v) is 8.15. The van der Waals surface area contributed by atoms with E-state index in [0.29, 0.717) is 32.1 Å². The van der Waals surface area contributed by atoms with Gasteiger partial charge in [-0.25, -0.2) is 9.59 Å². The number of carbonyl (C=O) groups is 2. The zero-order valence-corrected chi connectivity index (χ0v) is 19.7. The van der Waals surface area contributed by atoms with Crippen LogP contribution in [0.1, 0.15) is 41.5 Å². The number of halogens is 1. The molecule has 0 aromatic heterocycles. The van der Waals surface area contributed by atoms with Gasteiger partial charge in [0.25, 0.3) is 0 Å². The van der Waals surface area contributed by atoms with Crippen LogP contribution in [0.4, 0.5) is 9.59 Å². The number of likely N-dealkylation sites (tertiary alicyclic amines) is 1. The molecule has 158 valence electrons. The quantitative estimate of drug-likeness (QED) is 0.236. The molecule has 3 N–H and O–H groups in total. The van der Waals surface area contributed by atoms with E-state index in [1.165, 1.54) is 0 Å². The Morgan fingerprint density at radius 3 is 2.00 bits per heavy atom. The SMILES string of the molecule is CN=C(NCCNC(=O)OC(C)(C)C)NC1CN(C(=O)OC(C)(C)C)C1.I. The molecular formula is C17H34IN5O4. The van der Waals surface area contributed by atoms with Gasteiger partial charge in [-0.1, -0.05) is 0 Å². The van der Waals surface area contributed by atoms with Crippen molar-refractivity contribution in [2.75, 3.05) is 33.2 Å². The number of guanidine groups is 1. The Kier molecular flexibility index (Phi) is 10.2. The average Bonchev–Trinajstić information content (AvgIpc) is 2.40. The van der Waals surface area contributed by atoms with Crippen molar-refractivity contribution in [1.29, 1.82) is 0 Å². The molecular weight excluding hydrogens is 465 g/mol. The summed E-state index contributed by atoms with van der Waals surface area (Å²) < 4.78 is 10.5. The number of hydrogen-bond acceptors (Lipinski definition) is 5. The lowest BCUT2D eigenvalue weighted by Gasteiger charge is -2.40. The number of ether oxygens (including phenoxy) is 2. The fourth-order valence-electron chi connectivity index (χ4n) is 2.09. The van der Waals surface area contributed by atoms with Crippen LogP contribution in [0.5, 0.6) is 0 Å². The molecule has 1 aliphatic rings. The van der Waals surface area contributed by atoms with E-state index < -0.39 is 17.3 Å². The van der Waals surface area contributed by atoms with E-state index >= 15 is 0 Å². The average molecular weight is 499 g/mol. The summed E-state index contributed by atoms with van der Waals surface area (Å²) in [6, 6.07) is 0.118. The summed E-state index contributed by atoms with van der Waals surface area (Å²) in [5, 5.41) is 8.99. The van der Waals surface area contributed by atoms with Crippen LogP contribution < -0.4 is 16.0 Å². The van der Waals surface area contributed by atoms with E-state index in [-0.39, 0.29) is 36.1 Å². The van der Waals surface area contributed by atoms with Gasteiger partial charge in [0.05, 0.1) is 6.04 Å². The molecule has 1 fully saturated rings. The zero-order valence-electron chi connectivity index (χ0n) is 17.3. The van der Waals surface area contributed by atoms with Gasteiger partial charge in [0, 0.05) is 33.2 Å². The van der Waals surface area contributed by atoms with Crippen molar-refractivity contribution in [3.8, 4) is 0 Å². The molecule has 10 heteroatoms. The fourth-order valence-corrected chi connectivity index (χ4v) is 2.09. The van der Waals surface area contributed by atoms with E-state index in [1.54, 1.807) is 11.9 Å². The first-order chi connectivity index (χ1) is 11.9. The minimum absolute atomic E-state index is 0. The summed E-state index contributed by atoms with van der Waals surface area (Å²) in [6.45, 7) is 13.0. The van der Waals surface area contributed by atoms with E-state index in [2.05, 4.69) is 20.9 Å². The van der Waals surface area contributed by atoms with Gasteiger partial charge in [-0.15, -0.1) is 24.0 Å². The third kappa shape index (κ3) is 11.1. The van der Waals surface area contributed by atoms with Crippen molar-refractivity contribution in [1.82, 2.24) is 20.9 Å². The summed E-state index contributed by atoms with van der Waals surface area (Å²) in [5.74, 6) is 0.616. The summed E-state index contributed by atoms with van der Waals surface area (Å²) in [6.07, 6.45) is -0.755. The van der Waals surface area contributed by atoms with Crippen molar-refractivity contribution in [2.24, 2.45) is 4.99 Å². The number of alkyl carbamates (subject to hydrolysis) is 1. The second kappa shape index (κ2) is 10.8. The minimum Gasteiger partial charge on any atom is -0.444 e. The molecule has 9 nitrogen and oxygen atoms in total. The maximum absolute atomic E-state index is 11.9. The molecule has 0 radical (unpaired) electrons. The molecule has 0 spiro atoms. The van der Waals surface area contributed by atoms with Crippen LogP contribution in [-0.4, -0.2) is 73.5 Å². The van der Waals surface area contributed by atoms with E-state index in [1.807, 2.05) is 41.5 Å². The van der Waals surface area contributed by atoms with Gasteiger partial charge in [0.1, 0.15) is 11.2 Å². The lowest BCUT2D eigenvalue weighted by Crippen LogP contribution is -2.63. The highest BCUT2D eigenvalue weighted by molar-refractivity contribution is 14.0. The molecule has 27 heavy (non-hydrogen) atoms. The van der Waals surface area contributed by atoms with Crippen LogP contribution in [-0.2, 0) is 9.47 Å². The molecule has 1 saturated heterocycles. The van der Waals surface area contributed by atoms with E-state index in [0.717, 1.165) is 0 Å². The third-order valence-electron chi connectivity index (χ3n) is 3.18. The topological polar surface area (TPSA) is 104 Å². The molecule has 1 rings (SSSR count). The van der Waals surface area contributed by atoms with Crippen molar-refractivity contribution in [3.63, 3.8) is 0 Å². The summed E-state index contributed by atoms with van der Waals surface area (Å²) >= 11 is 0. The summed E-state index contributed by atoms with van der Waals surface area (Å²) in [4.78, 5) is 29.2. The predicted molar refractivity (Wildman–Crippen MR) is 116 cm³/mol. The number of aliphatic imine (C=N–C) groups is 1. The van der Waals surface area contributed by atoms with Crippen molar-refractivity contribution >= 4 is 42.1 Å². The molecule has 0 atom stereocenters. The molecule has 1 aliphatic heterocycles. The predicted octanol–water partition coefficient (Wildman–Crippen LogP) is 1.91. The standard InChI is InChI=1S/C17H33N5O4.HI/c1-16(2,3)25-14(23)20-9-8-19-13(18-7)21-12-10-22(11-12)15(24)26-17(4,5)6;/h12H,8-11H2,1-7H3,(H,20,23)(H2,18,19,21);1H. The highest BCUT2D eigenvalue weighted by atomic mass is 127. The zero-order chi connectivity index (χ0) is 20.0. The highest BCUT2D eigenvalue weighted by Gasteiger charge is 2.34. The van der Waals surface area contributed by atoms with Crippen molar-refractivity contribution in [2.45, 2.75) is 58.8 Å². The van der Waals surface area contributed by atoms with Gasteiger partial charge < -0.3 is 30.3 Å². The maximum atomic E-state index is 11.9. The summed E-state index contributed by atoms with van der Waals surface area (Å²) in [7, 11) is 1.67. The molecule has 2 amide bonds. The molecule has 0 aromatic carbocycles. The van der Waals surface area contributed by atoms with Gasteiger partial charge >= 0.3 is 12.2 Å². The van der Waals surface area contributed by atoms with Gasteiger partial charge in [-0.05, 0) is 41.5 Å². The number of rotatable bonds is 4. The molecule has 0 bridgehead atoms. The Bertz CT molecular complexity index is 522.